The molecule has 0 saturated carbocycles. The van der Waals surface area contributed by atoms with Gasteiger partial charge in [-0.05, 0) is 31.4 Å². The van der Waals surface area contributed by atoms with E-state index >= 15 is 0 Å². The van der Waals surface area contributed by atoms with Gasteiger partial charge in [-0.15, -0.1) is 11.3 Å². The van der Waals surface area contributed by atoms with Gasteiger partial charge in [0.1, 0.15) is 0 Å². The maximum Gasteiger partial charge on any atom is 0.231 e. The number of aromatic nitrogens is 4. The standard InChI is InChI=1S/C13H17ClN6S/c1-9-8-21-10(16-9)4-5-15-12-17-11(14)18-13(19-12)20-6-2-3-7-20/h8H,2-7H2,1H3,(H,15,17,18,19). The van der Waals surface area contributed by atoms with Crippen molar-refractivity contribution in [3.8, 4) is 0 Å². The highest BCUT2D eigenvalue weighted by Gasteiger charge is 2.16. The number of hydrogen-bond acceptors (Lipinski definition) is 7. The Morgan fingerprint density at radius 3 is 2.76 bits per heavy atom. The van der Waals surface area contributed by atoms with Crippen LogP contribution in [0.4, 0.5) is 11.9 Å². The predicted octanol–water partition coefficient (Wildman–Crippen LogP) is 2.54. The molecule has 1 aliphatic heterocycles. The molecule has 21 heavy (non-hydrogen) atoms. The third-order valence-corrected chi connectivity index (χ3v) is 4.47. The van der Waals surface area contributed by atoms with E-state index in [4.69, 9.17) is 11.6 Å². The van der Waals surface area contributed by atoms with Gasteiger partial charge in [0.25, 0.3) is 0 Å². The van der Waals surface area contributed by atoms with Crippen molar-refractivity contribution in [1.29, 1.82) is 0 Å². The first-order valence-corrected chi connectivity index (χ1v) is 8.28. The van der Waals surface area contributed by atoms with Gasteiger partial charge in [0.15, 0.2) is 0 Å². The monoisotopic (exact) mass is 324 g/mol. The summed E-state index contributed by atoms with van der Waals surface area (Å²) in [6.45, 7) is 4.70. The molecule has 0 bridgehead atoms. The van der Waals surface area contributed by atoms with E-state index in [0.717, 1.165) is 36.8 Å². The smallest absolute Gasteiger partial charge is 0.231 e. The first kappa shape index (κ1) is 14.5. The maximum absolute atomic E-state index is 5.99. The minimum absolute atomic E-state index is 0.236. The van der Waals surface area contributed by atoms with Crippen LogP contribution in [0.5, 0.6) is 0 Å². The number of hydrogen-bond donors (Lipinski definition) is 1. The van der Waals surface area contributed by atoms with Crippen LogP contribution in [0.25, 0.3) is 0 Å². The van der Waals surface area contributed by atoms with E-state index in [9.17, 15) is 0 Å². The number of anilines is 2. The second-order valence-corrected chi connectivity index (χ2v) is 6.26. The Morgan fingerprint density at radius 1 is 1.24 bits per heavy atom. The molecule has 0 spiro atoms. The first-order valence-electron chi connectivity index (χ1n) is 7.02. The van der Waals surface area contributed by atoms with E-state index in [1.54, 1.807) is 11.3 Å². The van der Waals surface area contributed by atoms with Crippen LogP contribution in [-0.2, 0) is 6.42 Å². The van der Waals surface area contributed by atoms with Crippen molar-refractivity contribution in [3.05, 3.63) is 21.4 Å². The lowest BCUT2D eigenvalue weighted by Gasteiger charge is -2.15. The molecule has 2 aromatic heterocycles. The number of nitrogens with one attached hydrogen (secondary N) is 1. The number of thiazole rings is 1. The Balaban J connectivity index is 1.61. The van der Waals surface area contributed by atoms with Gasteiger partial charge >= 0.3 is 0 Å². The SMILES string of the molecule is Cc1csc(CCNc2nc(Cl)nc(N3CCCC3)n2)n1. The first-order chi connectivity index (χ1) is 10.2. The lowest BCUT2D eigenvalue weighted by molar-refractivity contribution is 0.872. The largest absolute Gasteiger partial charge is 0.354 e. The van der Waals surface area contributed by atoms with Crippen molar-refractivity contribution >= 4 is 34.8 Å². The van der Waals surface area contributed by atoms with E-state index in [0.29, 0.717) is 11.9 Å². The van der Waals surface area contributed by atoms with Gasteiger partial charge in [-0.3, -0.25) is 0 Å². The summed E-state index contributed by atoms with van der Waals surface area (Å²) in [6, 6.07) is 0. The second kappa shape index (κ2) is 6.53. The third kappa shape index (κ3) is 3.79. The zero-order valence-corrected chi connectivity index (χ0v) is 13.4. The van der Waals surface area contributed by atoms with E-state index in [-0.39, 0.29) is 5.28 Å². The predicted molar refractivity (Wildman–Crippen MR) is 85.3 cm³/mol. The molecule has 0 aliphatic carbocycles. The van der Waals surface area contributed by atoms with Gasteiger partial charge in [-0.25, -0.2) is 4.98 Å². The van der Waals surface area contributed by atoms with Crippen molar-refractivity contribution in [2.24, 2.45) is 0 Å². The summed E-state index contributed by atoms with van der Waals surface area (Å²) in [5.41, 5.74) is 1.06. The van der Waals surface area contributed by atoms with Crippen LogP contribution in [0, 0.1) is 6.92 Å². The highest BCUT2D eigenvalue weighted by atomic mass is 35.5. The van der Waals surface area contributed by atoms with E-state index < -0.39 is 0 Å². The van der Waals surface area contributed by atoms with Crippen LogP contribution in [0.1, 0.15) is 23.5 Å². The van der Waals surface area contributed by atoms with Crippen molar-refractivity contribution in [1.82, 2.24) is 19.9 Å². The number of nitrogens with zero attached hydrogens (tertiary/aromatic N) is 5. The Labute approximate surface area is 132 Å². The Bertz CT molecular complexity index is 610. The molecule has 3 rings (SSSR count). The average Bonchev–Trinajstić information content (AvgIpc) is 3.10. The fourth-order valence-corrected chi connectivity index (χ4v) is 3.21. The molecule has 8 heteroatoms. The summed E-state index contributed by atoms with van der Waals surface area (Å²) in [6.07, 6.45) is 3.20. The van der Waals surface area contributed by atoms with Gasteiger partial charge in [-0.1, -0.05) is 0 Å². The number of rotatable bonds is 5. The van der Waals surface area contributed by atoms with E-state index in [2.05, 4.69) is 35.5 Å². The fourth-order valence-electron chi connectivity index (χ4n) is 2.28. The molecule has 3 heterocycles. The molecular formula is C13H17ClN6S. The molecule has 2 aromatic rings. The fraction of sp³-hybridized carbons (Fsp3) is 0.538. The summed E-state index contributed by atoms with van der Waals surface area (Å²) < 4.78 is 0. The normalized spacial score (nSPS) is 14.7. The van der Waals surface area contributed by atoms with Crippen LogP contribution in [-0.4, -0.2) is 39.6 Å². The molecule has 0 amide bonds. The molecule has 1 saturated heterocycles. The molecule has 1 fully saturated rings. The van der Waals surface area contributed by atoms with Gasteiger partial charge in [-0.2, -0.15) is 15.0 Å². The number of halogens is 1. The molecule has 1 N–H and O–H groups in total. The molecule has 112 valence electrons. The maximum atomic E-state index is 5.99. The lowest BCUT2D eigenvalue weighted by Crippen LogP contribution is -2.21. The molecule has 0 unspecified atom stereocenters. The molecule has 0 aromatic carbocycles. The summed E-state index contributed by atoms with van der Waals surface area (Å²) in [7, 11) is 0. The van der Waals surface area contributed by atoms with Crippen LogP contribution < -0.4 is 10.2 Å². The van der Waals surface area contributed by atoms with Crippen LogP contribution in [0.15, 0.2) is 5.38 Å². The van der Waals surface area contributed by atoms with Crippen LogP contribution >= 0.6 is 22.9 Å². The van der Waals surface area contributed by atoms with Crippen molar-refractivity contribution in [2.75, 3.05) is 29.9 Å². The summed E-state index contributed by atoms with van der Waals surface area (Å²) in [5, 5.41) is 6.60. The minimum atomic E-state index is 0.236. The van der Waals surface area contributed by atoms with Gasteiger partial charge < -0.3 is 10.2 Å². The zero-order valence-electron chi connectivity index (χ0n) is 11.8. The summed E-state index contributed by atoms with van der Waals surface area (Å²) >= 11 is 7.66. The minimum Gasteiger partial charge on any atom is -0.354 e. The summed E-state index contributed by atoms with van der Waals surface area (Å²) in [4.78, 5) is 19.4. The van der Waals surface area contributed by atoms with Gasteiger partial charge in [0, 0.05) is 37.1 Å². The Morgan fingerprint density at radius 2 is 2.05 bits per heavy atom. The number of aryl methyl sites for hydroxylation is 1. The van der Waals surface area contributed by atoms with Gasteiger partial charge in [0.05, 0.1) is 5.01 Å². The lowest BCUT2D eigenvalue weighted by atomic mass is 10.4. The van der Waals surface area contributed by atoms with Crippen molar-refractivity contribution in [3.63, 3.8) is 0 Å². The third-order valence-electron chi connectivity index (χ3n) is 3.27. The highest BCUT2D eigenvalue weighted by molar-refractivity contribution is 7.09. The quantitative estimate of drug-likeness (QED) is 0.911. The second-order valence-electron chi connectivity index (χ2n) is 4.98. The zero-order chi connectivity index (χ0) is 14.7. The van der Waals surface area contributed by atoms with Crippen molar-refractivity contribution < 1.29 is 0 Å². The van der Waals surface area contributed by atoms with Crippen LogP contribution in [0.3, 0.4) is 0 Å². The Kier molecular flexibility index (Phi) is 4.50. The topological polar surface area (TPSA) is 66.8 Å². The molecule has 6 nitrogen and oxygen atoms in total. The van der Waals surface area contributed by atoms with Crippen LogP contribution in [0.2, 0.25) is 5.28 Å². The van der Waals surface area contributed by atoms with E-state index in [1.165, 1.54) is 12.8 Å². The van der Waals surface area contributed by atoms with E-state index in [1.807, 2.05) is 6.92 Å². The molecular weight excluding hydrogens is 308 g/mol. The summed E-state index contributed by atoms with van der Waals surface area (Å²) in [5.74, 6) is 1.20. The molecule has 0 radical (unpaired) electrons. The van der Waals surface area contributed by atoms with Gasteiger partial charge in [0.2, 0.25) is 17.2 Å². The highest BCUT2D eigenvalue weighted by Crippen LogP contribution is 2.18. The Hall–Kier alpha value is -1.47. The average molecular weight is 325 g/mol. The molecule has 0 atom stereocenters. The molecule has 1 aliphatic rings. The van der Waals surface area contributed by atoms with Crippen molar-refractivity contribution in [2.45, 2.75) is 26.2 Å².